The minimum atomic E-state index is -0.313. The summed E-state index contributed by atoms with van der Waals surface area (Å²) in [5.41, 5.74) is 0.668. The summed E-state index contributed by atoms with van der Waals surface area (Å²) in [6.45, 7) is 1.94. The Labute approximate surface area is 152 Å². The molecule has 0 aliphatic heterocycles. The van der Waals surface area contributed by atoms with E-state index >= 15 is 0 Å². The van der Waals surface area contributed by atoms with E-state index in [1.54, 1.807) is 24.5 Å². The maximum Gasteiger partial charge on any atom is 0.247 e. The highest BCUT2D eigenvalue weighted by Crippen LogP contribution is 2.35. The molecule has 0 aliphatic carbocycles. The average molecular weight is 371 g/mol. The zero-order chi connectivity index (χ0) is 18.1. The Kier molecular flexibility index (Phi) is 4.29. The molecule has 1 atom stereocenters. The Bertz CT molecular complexity index is 1010. The van der Waals surface area contributed by atoms with E-state index in [0.717, 1.165) is 0 Å². The third-order valence-electron chi connectivity index (χ3n) is 3.74. The van der Waals surface area contributed by atoms with Crippen molar-refractivity contribution in [1.82, 2.24) is 25.0 Å². The molecule has 0 bridgehead atoms. The van der Waals surface area contributed by atoms with Crippen molar-refractivity contribution in [2.75, 3.05) is 0 Å². The van der Waals surface area contributed by atoms with Crippen LogP contribution in [0.2, 0.25) is 0 Å². The first-order chi connectivity index (χ1) is 12.6. The Balaban J connectivity index is 1.52. The molecule has 0 aliphatic rings. The number of thioether (sulfide) groups is 1. The monoisotopic (exact) mass is 371 g/mol. The SMILES string of the molecule is C[C@@H](Sc1nnc(-c2ccco2)n1C)c1nnc(-c2ccc(F)cc2)o1. The summed E-state index contributed by atoms with van der Waals surface area (Å²) in [5, 5.41) is 17.0. The largest absolute Gasteiger partial charge is 0.461 e. The molecule has 0 N–H and O–H groups in total. The normalized spacial score (nSPS) is 12.4. The molecule has 0 radical (unpaired) electrons. The van der Waals surface area contributed by atoms with E-state index in [2.05, 4.69) is 20.4 Å². The fourth-order valence-corrected chi connectivity index (χ4v) is 3.20. The van der Waals surface area contributed by atoms with Gasteiger partial charge in [0.1, 0.15) is 5.82 Å². The predicted molar refractivity (Wildman–Crippen MR) is 92.7 cm³/mol. The van der Waals surface area contributed by atoms with Gasteiger partial charge in [0.05, 0.1) is 11.5 Å². The van der Waals surface area contributed by atoms with Crippen LogP contribution in [0.25, 0.3) is 23.0 Å². The van der Waals surface area contributed by atoms with E-state index in [4.69, 9.17) is 8.83 Å². The summed E-state index contributed by atoms with van der Waals surface area (Å²) in [6, 6.07) is 9.54. The number of halogens is 1. The molecule has 4 rings (SSSR count). The van der Waals surface area contributed by atoms with E-state index in [0.29, 0.717) is 34.1 Å². The van der Waals surface area contributed by atoms with Gasteiger partial charge in [-0.3, -0.25) is 0 Å². The van der Waals surface area contributed by atoms with Crippen molar-refractivity contribution >= 4 is 11.8 Å². The van der Waals surface area contributed by atoms with Crippen LogP contribution < -0.4 is 0 Å². The molecule has 9 heteroatoms. The van der Waals surface area contributed by atoms with Gasteiger partial charge in [-0.15, -0.1) is 20.4 Å². The first kappa shape index (κ1) is 16.5. The maximum atomic E-state index is 13.0. The Morgan fingerprint density at radius 2 is 1.88 bits per heavy atom. The number of benzene rings is 1. The quantitative estimate of drug-likeness (QED) is 0.488. The molecule has 26 heavy (non-hydrogen) atoms. The molecule has 3 aromatic heterocycles. The lowest BCUT2D eigenvalue weighted by Crippen LogP contribution is -1.96. The molecule has 3 heterocycles. The lowest BCUT2D eigenvalue weighted by atomic mass is 10.2. The first-order valence-electron chi connectivity index (χ1n) is 7.81. The van der Waals surface area contributed by atoms with Crippen LogP contribution >= 0.6 is 11.8 Å². The molecule has 0 unspecified atom stereocenters. The maximum absolute atomic E-state index is 13.0. The fraction of sp³-hybridized carbons (Fsp3) is 0.176. The van der Waals surface area contributed by atoms with Gasteiger partial charge in [-0.2, -0.15) is 0 Å². The smallest absolute Gasteiger partial charge is 0.247 e. The van der Waals surface area contributed by atoms with Gasteiger partial charge in [0.25, 0.3) is 0 Å². The Morgan fingerprint density at radius 3 is 2.62 bits per heavy atom. The molecule has 7 nitrogen and oxygen atoms in total. The van der Waals surface area contributed by atoms with E-state index in [1.807, 2.05) is 24.6 Å². The van der Waals surface area contributed by atoms with Gasteiger partial charge in [0.15, 0.2) is 16.7 Å². The lowest BCUT2D eigenvalue weighted by Gasteiger charge is -2.06. The van der Waals surface area contributed by atoms with Gasteiger partial charge in [0, 0.05) is 12.6 Å². The van der Waals surface area contributed by atoms with Gasteiger partial charge in [-0.25, -0.2) is 4.39 Å². The Hall–Kier alpha value is -2.94. The molecule has 0 fully saturated rings. The summed E-state index contributed by atoms with van der Waals surface area (Å²) in [6.07, 6.45) is 1.59. The van der Waals surface area contributed by atoms with Crippen LogP contribution in [0.1, 0.15) is 18.1 Å². The molecule has 1 aromatic carbocycles. The second-order valence-corrected chi connectivity index (χ2v) is 6.86. The molecular weight excluding hydrogens is 357 g/mol. The van der Waals surface area contributed by atoms with Crippen LogP contribution in [0.15, 0.2) is 56.7 Å². The van der Waals surface area contributed by atoms with E-state index in [1.165, 1.54) is 23.9 Å². The Morgan fingerprint density at radius 1 is 1.08 bits per heavy atom. The molecule has 0 spiro atoms. The van der Waals surface area contributed by atoms with Crippen LogP contribution in [-0.2, 0) is 7.05 Å². The van der Waals surface area contributed by atoms with E-state index in [9.17, 15) is 4.39 Å². The van der Waals surface area contributed by atoms with Crippen molar-refractivity contribution in [3.63, 3.8) is 0 Å². The van der Waals surface area contributed by atoms with Crippen molar-refractivity contribution < 1.29 is 13.2 Å². The first-order valence-corrected chi connectivity index (χ1v) is 8.69. The minimum absolute atomic E-state index is 0.135. The van der Waals surface area contributed by atoms with Crippen molar-refractivity contribution in [3.8, 4) is 23.0 Å². The summed E-state index contributed by atoms with van der Waals surface area (Å²) in [7, 11) is 1.87. The third-order valence-corrected chi connectivity index (χ3v) is 4.86. The lowest BCUT2D eigenvalue weighted by molar-refractivity contribution is 0.508. The molecule has 132 valence electrons. The van der Waals surface area contributed by atoms with E-state index < -0.39 is 0 Å². The molecular formula is C17H14FN5O2S. The fourth-order valence-electron chi connectivity index (χ4n) is 2.35. The van der Waals surface area contributed by atoms with Crippen molar-refractivity contribution in [1.29, 1.82) is 0 Å². The number of hydrogen-bond donors (Lipinski definition) is 0. The standard InChI is InChI=1S/C17H14FN5O2S/c1-10(15-20-21-16(25-15)11-5-7-12(18)8-6-11)26-17-22-19-14(23(17)2)13-4-3-9-24-13/h3-10H,1-2H3/t10-/m1/s1. The number of hydrogen-bond acceptors (Lipinski definition) is 7. The summed E-state index contributed by atoms with van der Waals surface area (Å²) < 4.78 is 26.0. The minimum Gasteiger partial charge on any atom is -0.461 e. The molecule has 0 saturated heterocycles. The van der Waals surface area contributed by atoms with E-state index in [-0.39, 0.29) is 11.1 Å². The molecule has 0 amide bonds. The number of furan rings is 1. The third kappa shape index (κ3) is 3.13. The zero-order valence-corrected chi connectivity index (χ0v) is 14.8. The highest BCUT2D eigenvalue weighted by molar-refractivity contribution is 7.99. The summed E-state index contributed by atoms with van der Waals surface area (Å²) in [5.74, 6) is 1.78. The molecule has 0 saturated carbocycles. The highest BCUT2D eigenvalue weighted by atomic mass is 32.2. The van der Waals surface area contributed by atoms with Gasteiger partial charge in [-0.05, 0) is 43.3 Å². The van der Waals surface area contributed by atoms with Gasteiger partial charge in [-0.1, -0.05) is 11.8 Å². The average Bonchev–Trinajstić information content (AvgIpc) is 3.37. The number of aromatic nitrogens is 5. The topological polar surface area (TPSA) is 82.8 Å². The number of rotatable bonds is 5. The second kappa shape index (κ2) is 6.75. The van der Waals surface area contributed by atoms with Gasteiger partial charge >= 0.3 is 0 Å². The van der Waals surface area contributed by atoms with Crippen molar-refractivity contribution in [2.24, 2.45) is 7.05 Å². The number of nitrogens with zero attached hydrogens (tertiary/aromatic N) is 5. The zero-order valence-electron chi connectivity index (χ0n) is 14.0. The predicted octanol–water partition coefficient (Wildman–Crippen LogP) is 4.12. The van der Waals surface area contributed by atoms with Crippen LogP contribution in [-0.4, -0.2) is 25.0 Å². The van der Waals surface area contributed by atoms with Crippen molar-refractivity contribution in [2.45, 2.75) is 17.3 Å². The van der Waals surface area contributed by atoms with Gasteiger partial charge in [0.2, 0.25) is 11.8 Å². The summed E-state index contributed by atoms with van der Waals surface area (Å²) in [4.78, 5) is 0. The molecule has 4 aromatic rings. The van der Waals surface area contributed by atoms with Crippen LogP contribution in [0.3, 0.4) is 0 Å². The summed E-state index contributed by atoms with van der Waals surface area (Å²) >= 11 is 1.44. The van der Waals surface area contributed by atoms with Crippen LogP contribution in [0, 0.1) is 5.82 Å². The van der Waals surface area contributed by atoms with Gasteiger partial charge < -0.3 is 13.4 Å². The van der Waals surface area contributed by atoms with Crippen LogP contribution in [0.5, 0.6) is 0 Å². The second-order valence-electron chi connectivity index (χ2n) is 5.55. The van der Waals surface area contributed by atoms with Crippen molar-refractivity contribution in [3.05, 3.63) is 54.4 Å². The van der Waals surface area contributed by atoms with Crippen LogP contribution in [0.4, 0.5) is 4.39 Å². The highest BCUT2D eigenvalue weighted by Gasteiger charge is 2.21.